The SMILES string of the molecule is CC(C)(C)OC(=O)NCCc1c[nH]c2cc(F)cc(F)c12. The fourth-order valence-corrected chi connectivity index (χ4v) is 2.06. The van der Waals surface area contributed by atoms with E-state index in [1.54, 1.807) is 27.0 Å². The summed E-state index contributed by atoms with van der Waals surface area (Å²) in [6, 6.07) is 2.09. The van der Waals surface area contributed by atoms with Crippen molar-refractivity contribution in [2.75, 3.05) is 6.54 Å². The van der Waals surface area contributed by atoms with Gasteiger partial charge in [0.2, 0.25) is 0 Å². The Kier molecular flexibility index (Phi) is 4.16. The number of amides is 1. The highest BCUT2D eigenvalue weighted by molar-refractivity contribution is 5.84. The number of fused-ring (bicyclic) bond motifs is 1. The molecule has 0 unspecified atom stereocenters. The number of rotatable bonds is 3. The van der Waals surface area contributed by atoms with Crippen molar-refractivity contribution >= 4 is 17.0 Å². The van der Waals surface area contributed by atoms with Crippen LogP contribution in [0.2, 0.25) is 0 Å². The predicted molar refractivity (Wildman–Crippen MR) is 76.2 cm³/mol. The maximum Gasteiger partial charge on any atom is 0.407 e. The minimum absolute atomic E-state index is 0.304. The van der Waals surface area contributed by atoms with E-state index in [1.807, 2.05) is 0 Å². The first-order valence-corrected chi connectivity index (χ1v) is 6.68. The number of H-pyrrole nitrogens is 1. The lowest BCUT2D eigenvalue weighted by Crippen LogP contribution is -2.33. The number of nitrogens with one attached hydrogen (secondary N) is 2. The first kappa shape index (κ1) is 15.3. The van der Waals surface area contributed by atoms with E-state index in [0.29, 0.717) is 29.4 Å². The molecule has 0 fully saturated rings. The molecule has 2 rings (SSSR count). The van der Waals surface area contributed by atoms with E-state index in [9.17, 15) is 13.6 Å². The molecule has 0 bridgehead atoms. The molecule has 1 aromatic heterocycles. The minimum atomic E-state index is -0.625. The van der Waals surface area contributed by atoms with Gasteiger partial charge in [0.15, 0.2) is 0 Å². The summed E-state index contributed by atoms with van der Waals surface area (Å²) in [5.74, 6) is -1.24. The van der Waals surface area contributed by atoms with Gasteiger partial charge in [0.25, 0.3) is 0 Å². The van der Waals surface area contributed by atoms with Crippen LogP contribution in [-0.2, 0) is 11.2 Å². The highest BCUT2D eigenvalue weighted by atomic mass is 19.1. The van der Waals surface area contributed by atoms with E-state index in [1.165, 1.54) is 6.07 Å². The molecule has 114 valence electrons. The predicted octanol–water partition coefficient (Wildman–Crippen LogP) is 3.51. The number of ether oxygens (including phenoxy) is 1. The van der Waals surface area contributed by atoms with Crippen LogP contribution < -0.4 is 5.32 Å². The van der Waals surface area contributed by atoms with Crippen molar-refractivity contribution in [3.8, 4) is 0 Å². The summed E-state index contributed by atoms with van der Waals surface area (Å²) in [6.45, 7) is 5.63. The van der Waals surface area contributed by atoms with Gasteiger partial charge in [-0.05, 0) is 38.8 Å². The zero-order chi connectivity index (χ0) is 15.6. The summed E-state index contributed by atoms with van der Waals surface area (Å²) in [6.07, 6.45) is 1.51. The Morgan fingerprint density at radius 1 is 1.33 bits per heavy atom. The van der Waals surface area contributed by atoms with Crippen molar-refractivity contribution in [1.29, 1.82) is 0 Å². The number of carbonyl (C=O) groups is 1. The van der Waals surface area contributed by atoms with Gasteiger partial charge < -0.3 is 15.0 Å². The number of aromatic amines is 1. The Morgan fingerprint density at radius 2 is 2.05 bits per heavy atom. The Morgan fingerprint density at radius 3 is 2.71 bits per heavy atom. The molecular weight excluding hydrogens is 278 g/mol. The lowest BCUT2D eigenvalue weighted by molar-refractivity contribution is 0.0528. The standard InChI is InChI=1S/C15H18F2N2O2/c1-15(2,3)21-14(20)18-5-4-9-8-19-12-7-10(16)6-11(17)13(9)12/h6-8,19H,4-5H2,1-3H3,(H,18,20). The largest absolute Gasteiger partial charge is 0.444 e. The van der Waals surface area contributed by atoms with Gasteiger partial charge in [-0.3, -0.25) is 0 Å². The summed E-state index contributed by atoms with van der Waals surface area (Å²) in [5.41, 5.74) is 0.521. The monoisotopic (exact) mass is 296 g/mol. The maximum absolute atomic E-state index is 13.8. The second-order valence-electron chi connectivity index (χ2n) is 5.80. The third kappa shape index (κ3) is 3.93. The van der Waals surface area contributed by atoms with Crippen LogP contribution in [0.5, 0.6) is 0 Å². The number of aromatic nitrogens is 1. The van der Waals surface area contributed by atoms with Crippen molar-refractivity contribution < 1.29 is 18.3 Å². The van der Waals surface area contributed by atoms with Gasteiger partial charge in [-0.15, -0.1) is 0 Å². The van der Waals surface area contributed by atoms with E-state index in [2.05, 4.69) is 10.3 Å². The Labute approximate surface area is 121 Å². The highest BCUT2D eigenvalue weighted by Gasteiger charge is 2.16. The third-order valence-electron chi connectivity index (χ3n) is 2.84. The average molecular weight is 296 g/mol. The molecule has 0 aliphatic rings. The van der Waals surface area contributed by atoms with Gasteiger partial charge in [-0.2, -0.15) is 0 Å². The first-order chi connectivity index (χ1) is 9.76. The molecule has 1 amide bonds. The molecule has 0 saturated heterocycles. The zero-order valence-electron chi connectivity index (χ0n) is 12.2. The second kappa shape index (κ2) is 5.71. The molecule has 0 radical (unpaired) electrons. The smallest absolute Gasteiger partial charge is 0.407 e. The van der Waals surface area contributed by atoms with E-state index in [0.717, 1.165) is 6.07 Å². The molecule has 2 aromatic rings. The van der Waals surface area contributed by atoms with Gasteiger partial charge in [0.05, 0.1) is 5.52 Å². The molecule has 21 heavy (non-hydrogen) atoms. The van der Waals surface area contributed by atoms with Crippen molar-refractivity contribution in [1.82, 2.24) is 10.3 Å². The van der Waals surface area contributed by atoms with Crippen LogP contribution in [0.1, 0.15) is 26.3 Å². The summed E-state index contributed by atoms with van der Waals surface area (Å²) < 4.78 is 32.0. The summed E-state index contributed by atoms with van der Waals surface area (Å²) in [5, 5.41) is 2.95. The quantitative estimate of drug-likeness (QED) is 0.910. The van der Waals surface area contributed by atoms with Crippen molar-refractivity contribution in [2.45, 2.75) is 32.8 Å². The Balaban J connectivity index is 2.00. The molecule has 0 aliphatic heterocycles. The molecule has 1 heterocycles. The molecule has 2 N–H and O–H groups in total. The molecular formula is C15H18F2N2O2. The van der Waals surface area contributed by atoms with Gasteiger partial charge in [0.1, 0.15) is 17.2 Å². The molecule has 6 heteroatoms. The number of carbonyl (C=O) groups excluding carboxylic acids is 1. The van der Waals surface area contributed by atoms with Crippen LogP contribution in [0.15, 0.2) is 18.3 Å². The molecule has 0 saturated carbocycles. The normalized spacial score (nSPS) is 11.7. The van der Waals surface area contributed by atoms with Crippen LogP contribution in [0, 0.1) is 11.6 Å². The van der Waals surface area contributed by atoms with Crippen molar-refractivity contribution in [3.63, 3.8) is 0 Å². The number of alkyl carbamates (subject to hydrolysis) is 1. The van der Waals surface area contributed by atoms with Crippen LogP contribution in [0.4, 0.5) is 13.6 Å². The first-order valence-electron chi connectivity index (χ1n) is 6.68. The summed E-state index contributed by atoms with van der Waals surface area (Å²) in [4.78, 5) is 14.3. The molecule has 0 spiro atoms. The number of benzene rings is 1. The average Bonchev–Trinajstić information content (AvgIpc) is 2.69. The van der Waals surface area contributed by atoms with Gasteiger partial charge >= 0.3 is 6.09 Å². The fourth-order valence-electron chi connectivity index (χ4n) is 2.06. The van der Waals surface area contributed by atoms with E-state index < -0.39 is 23.3 Å². The van der Waals surface area contributed by atoms with Gasteiger partial charge in [-0.25, -0.2) is 13.6 Å². The zero-order valence-corrected chi connectivity index (χ0v) is 12.2. The van der Waals surface area contributed by atoms with Crippen molar-refractivity contribution in [3.05, 3.63) is 35.5 Å². The number of hydrogen-bond acceptors (Lipinski definition) is 2. The van der Waals surface area contributed by atoms with Crippen molar-refractivity contribution in [2.24, 2.45) is 0 Å². The van der Waals surface area contributed by atoms with E-state index in [4.69, 9.17) is 4.74 Å². The minimum Gasteiger partial charge on any atom is -0.444 e. The van der Waals surface area contributed by atoms with Crippen LogP contribution >= 0.6 is 0 Å². The van der Waals surface area contributed by atoms with Gasteiger partial charge in [-0.1, -0.05) is 0 Å². The van der Waals surface area contributed by atoms with Crippen LogP contribution in [-0.4, -0.2) is 23.2 Å². The molecule has 0 atom stereocenters. The number of halogens is 2. The van der Waals surface area contributed by atoms with Crippen LogP contribution in [0.3, 0.4) is 0 Å². The molecule has 4 nitrogen and oxygen atoms in total. The molecule has 1 aromatic carbocycles. The maximum atomic E-state index is 13.8. The van der Waals surface area contributed by atoms with Crippen LogP contribution in [0.25, 0.3) is 10.9 Å². The summed E-state index contributed by atoms with van der Waals surface area (Å²) >= 11 is 0. The lowest BCUT2D eigenvalue weighted by Gasteiger charge is -2.19. The number of hydrogen-bond donors (Lipinski definition) is 2. The molecule has 0 aliphatic carbocycles. The lowest BCUT2D eigenvalue weighted by atomic mass is 10.1. The Bertz CT molecular complexity index is 659. The van der Waals surface area contributed by atoms with E-state index in [-0.39, 0.29) is 0 Å². The topological polar surface area (TPSA) is 54.1 Å². The van der Waals surface area contributed by atoms with Gasteiger partial charge in [0, 0.05) is 24.2 Å². The Hall–Kier alpha value is -2.11. The summed E-state index contributed by atoms with van der Waals surface area (Å²) in [7, 11) is 0. The third-order valence-corrected chi connectivity index (χ3v) is 2.84. The van der Waals surface area contributed by atoms with E-state index >= 15 is 0 Å². The fraction of sp³-hybridized carbons (Fsp3) is 0.400. The second-order valence-corrected chi connectivity index (χ2v) is 5.80. The highest BCUT2D eigenvalue weighted by Crippen LogP contribution is 2.23.